The van der Waals surface area contributed by atoms with Crippen LogP contribution in [0.4, 0.5) is 0 Å². The zero-order valence-electron chi connectivity index (χ0n) is 15.0. The normalized spacial score (nSPS) is 12.2. The maximum absolute atomic E-state index is 10.4. The average Bonchev–Trinajstić information content (AvgIpc) is 2.57. The fraction of sp³-hybridized carbons (Fsp3) is 0.650. The number of carboxylic acid groups (broad SMARTS) is 1. The molecule has 1 atom stereocenters. The van der Waals surface area contributed by atoms with E-state index in [0.29, 0.717) is 6.42 Å². The van der Waals surface area contributed by atoms with Crippen molar-refractivity contribution in [1.29, 1.82) is 0 Å². The molecule has 0 aromatic heterocycles. The highest BCUT2D eigenvalue weighted by Crippen LogP contribution is 2.19. The number of aliphatic hydroxyl groups is 1. The number of carbonyl (C=O) groups is 1. The Balaban J connectivity index is 2.12. The second-order valence-corrected chi connectivity index (χ2v) is 6.59. The van der Waals surface area contributed by atoms with Gasteiger partial charge >= 0.3 is 5.97 Å². The summed E-state index contributed by atoms with van der Waals surface area (Å²) >= 11 is 0. The molecule has 4 N–H and O–H groups in total. The van der Waals surface area contributed by atoms with Gasteiger partial charge in [0.1, 0.15) is 6.54 Å². The molecule has 0 spiro atoms. The molecule has 24 heavy (non-hydrogen) atoms. The Labute approximate surface area is 146 Å². The molecule has 0 saturated carbocycles. The van der Waals surface area contributed by atoms with Crippen molar-refractivity contribution in [2.75, 3.05) is 6.54 Å². The molecular weight excluding hydrogens is 302 g/mol. The fourth-order valence-electron chi connectivity index (χ4n) is 2.82. The second kappa shape index (κ2) is 13.0. The lowest BCUT2D eigenvalue weighted by Gasteiger charge is -2.11. The van der Waals surface area contributed by atoms with Gasteiger partial charge in [0.15, 0.2) is 0 Å². The highest BCUT2D eigenvalue weighted by molar-refractivity contribution is 5.66. The van der Waals surface area contributed by atoms with E-state index >= 15 is 0 Å². The molecule has 0 aliphatic rings. The first-order chi connectivity index (χ1) is 11.6. The Morgan fingerprint density at radius 3 is 2.42 bits per heavy atom. The summed E-state index contributed by atoms with van der Waals surface area (Å²) in [4.78, 5) is 10.4. The Morgan fingerprint density at radius 2 is 1.75 bits per heavy atom. The number of benzene rings is 1. The van der Waals surface area contributed by atoms with Gasteiger partial charge in [-0.15, -0.1) is 0 Å². The van der Waals surface area contributed by atoms with Gasteiger partial charge in [0.2, 0.25) is 0 Å². The lowest BCUT2D eigenvalue weighted by atomic mass is 10.0. The molecule has 0 bridgehead atoms. The van der Waals surface area contributed by atoms with Crippen LogP contribution in [0.3, 0.4) is 0 Å². The summed E-state index contributed by atoms with van der Waals surface area (Å²) in [6.07, 6.45) is 8.28. The lowest BCUT2D eigenvalue weighted by molar-refractivity contribution is -0.671. The summed E-state index contributed by atoms with van der Waals surface area (Å²) in [6, 6.07) is 8.32. The Morgan fingerprint density at radius 1 is 1.04 bits per heavy atom. The van der Waals surface area contributed by atoms with E-state index in [9.17, 15) is 9.90 Å². The van der Waals surface area contributed by atoms with Crippen molar-refractivity contribution in [3.63, 3.8) is 0 Å². The molecule has 0 fully saturated rings. The topological polar surface area (TPSA) is 74.1 Å². The third-order valence-corrected chi connectivity index (χ3v) is 4.37. The minimum atomic E-state index is -0.694. The number of nitrogens with two attached hydrogens (primary N) is 1. The van der Waals surface area contributed by atoms with Gasteiger partial charge in [-0.2, -0.15) is 0 Å². The van der Waals surface area contributed by atoms with Crippen LogP contribution in [0.15, 0.2) is 24.3 Å². The molecule has 136 valence electrons. The maximum Gasteiger partial charge on any atom is 0.303 e. The molecule has 1 aromatic carbocycles. The molecule has 1 aromatic rings. The van der Waals surface area contributed by atoms with Gasteiger partial charge in [-0.3, -0.25) is 4.79 Å². The molecule has 0 saturated heterocycles. The summed E-state index contributed by atoms with van der Waals surface area (Å²) in [5, 5.41) is 21.0. The molecule has 0 aliphatic heterocycles. The maximum atomic E-state index is 10.4. The predicted octanol–water partition coefficient (Wildman–Crippen LogP) is 3.40. The van der Waals surface area contributed by atoms with Crippen molar-refractivity contribution < 1.29 is 20.3 Å². The smallest absolute Gasteiger partial charge is 0.303 e. The predicted molar refractivity (Wildman–Crippen MR) is 96.8 cm³/mol. The Kier molecular flexibility index (Phi) is 11.2. The first kappa shape index (κ1) is 20.7. The van der Waals surface area contributed by atoms with Crippen molar-refractivity contribution >= 4 is 5.97 Å². The third kappa shape index (κ3) is 9.68. The van der Waals surface area contributed by atoms with Gasteiger partial charge in [-0.05, 0) is 31.2 Å². The minimum absolute atomic E-state index is 0.292. The van der Waals surface area contributed by atoms with Gasteiger partial charge in [-0.1, -0.05) is 56.9 Å². The molecule has 0 heterocycles. The molecular formula is C20H34NO3+. The molecule has 1 unspecified atom stereocenters. The first-order valence-corrected chi connectivity index (χ1v) is 9.43. The first-order valence-electron chi connectivity index (χ1n) is 9.43. The average molecular weight is 336 g/mol. The van der Waals surface area contributed by atoms with Crippen molar-refractivity contribution in [2.24, 2.45) is 0 Å². The Bertz CT molecular complexity index is 445. The van der Waals surface area contributed by atoms with Crippen LogP contribution in [0.1, 0.15) is 81.9 Å². The van der Waals surface area contributed by atoms with E-state index in [1.807, 2.05) is 12.1 Å². The zero-order valence-corrected chi connectivity index (χ0v) is 15.0. The standard InChI is InChI=1S/C20H33NO3/c1-2-3-6-9-19(22)18-13-11-17(12-14-18)16-21-15-8-5-4-7-10-20(23)24/h11-14,19,21-22H,2-10,15-16H2,1H3,(H,23,24)/p+1. The molecule has 0 amide bonds. The van der Waals surface area contributed by atoms with Crippen molar-refractivity contribution in [3.05, 3.63) is 35.4 Å². The van der Waals surface area contributed by atoms with Gasteiger partial charge in [0.05, 0.1) is 12.6 Å². The van der Waals surface area contributed by atoms with Gasteiger partial charge in [0, 0.05) is 12.0 Å². The molecule has 4 nitrogen and oxygen atoms in total. The van der Waals surface area contributed by atoms with Crippen molar-refractivity contribution in [3.8, 4) is 0 Å². The number of hydrogen-bond donors (Lipinski definition) is 3. The molecule has 1 rings (SSSR count). The second-order valence-electron chi connectivity index (χ2n) is 6.59. The van der Waals surface area contributed by atoms with E-state index in [0.717, 1.165) is 57.2 Å². The summed E-state index contributed by atoms with van der Waals surface area (Å²) < 4.78 is 0. The Hall–Kier alpha value is -1.39. The number of quaternary nitrogens is 1. The van der Waals surface area contributed by atoms with Crippen LogP contribution in [0.5, 0.6) is 0 Å². The summed E-state index contributed by atoms with van der Waals surface area (Å²) in [7, 11) is 0. The van der Waals surface area contributed by atoms with Gasteiger partial charge in [0.25, 0.3) is 0 Å². The van der Waals surface area contributed by atoms with Crippen LogP contribution in [-0.2, 0) is 11.3 Å². The minimum Gasteiger partial charge on any atom is -0.481 e. The largest absolute Gasteiger partial charge is 0.481 e. The number of aliphatic hydroxyl groups excluding tert-OH is 1. The van der Waals surface area contributed by atoms with Crippen LogP contribution in [-0.4, -0.2) is 22.7 Å². The highest BCUT2D eigenvalue weighted by atomic mass is 16.4. The summed E-state index contributed by atoms with van der Waals surface area (Å²) in [5.41, 5.74) is 2.30. The third-order valence-electron chi connectivity index (χ3n) is 4.37. The van der Waals surface area contributed by atoms with Crippen LogP contribution in [0, 0.1) is 0 Å². The van der Waals surface area contributed by atoms with Crippen LogP contribution in [0.25, 0.3) is 0 Å². The monoisotopic (exact) mass is 336 g/mol. The SMILES string of the molecule is CCCCCC(O)c1ccc(C[NH2+]CCCCCCC(=O)O)cc1. The number of aliphatic carboxylic acids is 1. The van der Waals surface area contributed by atoms with E-state index < -0.39 is 5.97 Å². The highest BCUT2D eigenvalue weighted by Gasteiger charge is 2.07. The van der Waals surface area contributed by atoms with Crippen molar-refractivity contribution in [2.45, 2.75) is 77.4 Å². The van der Waals surface area contributed by atoms with Gasteiger partial charge in [-0.25, -0.2) is 0 Å². The van der Waals surface area contributed by atoms with E-state index in [1.165, 1.54) is 18.4 Å². The molecule has 0 radical (unpaired) electrons. The number of hydrogen-bond acceptors (Lipinski definition) is 2. The van der Waals surface area contributed by atoms with E-state index in [4.69, 9.17) is 5.11 Å². The van der Waals surface area contributed by atoms with E-state index in [2.05, 4.69) is 24.4 Å². The van der Waals surface area contributed by atoms with E-state index in [1.54, 1.807) is 0 Å². The van der Waals surface area contributed by atoms with Crippen molar-refractivity contribution in [1.82, 2.24) is 0 Å². The molecule has 0 aliphatic carbocycles. The van der Waals surface area contributed by atoms with E-state index in [-0.39, 0.29) is 6.10 Å². The summed E-state index contributed by atoms with van der Waals surface area (Å²) in [5.74, 6) is -0.694. The summed E-state index contributed by atoms with van der Waals surface area (Å²) in [6.45, 7) is 4.21. The quantitative estimate of drug-likeness (QED) is 0.456. The molecule has 4 heteroatoms. The fourth-order valence-corrected chi connectivity index (χ4v) is 2.82. The van der Waals surface area contributed by atoms with Crippen LogP contribution >= 0.6 is 0 Å². The van der Waals surface area contributed by atoms with Crippen LogP contribution in [0.2, 0.25) is 0 Å². The zero-order chi connectivity index (χ0) is 17.6. The van der Waals surface area contributed by atoms with Gasteiger partial charge < -0.3 is 15.5 Å². The lowest BCUT2D eigenvalue weighted by Crippen LogP contribution is -2.82. The number of unbranched alkanes of at least 4 members (excludes halogenated alkanes) is 5. The number of rotatable bonds is 14. The van der Waals surface area contributed by atoms with Crippen LogP contribution < -0.4 is 5.32 Å². The number of carboxylic acids is 1.